The van der Waals surface area contributed by atoms with E-state index in [2.05, 4.69) is 11.9 Å². The van der Waals surface area contributed by atoms with Crippen molar-refractivity contribution in [2.75, 3.05) is 6.61 Å². The van der Waals surface area contributed by atoms with Gasteiger partial charge in [0.2, 0.25) is 5.88 Å². The summed E-state index contributed by atoms with van der Waals surface area (Å²) in [7, 11) is 0. The minimum absolute atomic E-state index is 0.592. The van der Waals surface area contributed by atoms with Crippen LogP contribution in [-0.4, -0.2) is 11.6 Å². The Morgan fingerprint density at radius 3 is 2.29 bits per heavy atom. The zero-order valence-electron chi connectivity index (χ0n) is 15.2. The highest BCUT2D eigenvalue weighted by atomic mass is 35.5. The van der Waals surface area contributed by atoms with Crippen molar-refractivity contribution in [3.63, 3.8) is 0 Å². The van der Waals surface area contributed by atoms with E-state index in [1.165, 1.54) is 12.8 Å². The number of halogens is 1. The van der Waals surface area contributed by atoms with Gasteiger partial charge < -0.3 is 9.47 Å². The number of hydrogen-bond acceptors (Lipinski definition) is 3. The van der Waals surface area contributed by atoms with Gasteiger partial charge in [0.1, 0.15) is 11.5 Å². The van der Waals surface area contributed by atoms with Crippen LogP contribution < -0.4 is 9.47 Å². The molecule has 0 saturated heterocycles. The van der Waals surface area contributed by atoms with Crippen LogP contribution in [0.5, 0.6) is 17.4 Å². The molecule has 0 aliphatic carbocycles. The molecular formula is C20H26ClNO2. The summed E-state index contributed by atoms with van der Waals surface area (Å²) >= 11 is 6.10. The second-order valence-corrected chi connectivity index (χ2v) is 6.65. The lowest BCUT2D eigenvalue weighted by atomic mass is 10.1. The maximum atomic E-state index is 6.12. The smallest absolute Gasteiger partial charge is 0.226 e. The Kier molecular flexibility index (Phi) is 6.50. The summed E-state index contributed by atoms with van der Waals surface area (Å²) in [5.74, 6) is 2.24. The Labute approximate surface area is 150 Å². The number of hydrogen-bond donors (Lipinski definition) is 0. The molecule has 3 nitrogen and oxygen atoms in total. The van der Waals surface area contributed by atoms with Crippen LogP contribution in [0, 0.1) is 27.7 Å². The van der Waals surface area contributed by atoms with Gasteiger partial charge in [-0.25, -0.2) is 4.98 Å². The molecule has 0 saturated carbocycles. The van der Waals surface area contributed by atoms with E-state index < -0.39 is 0 Å². The number of pyridine rings is 1. The normalized spacial score (nSPS) is 10.8. The highest BCUT2D eigenvalue weighted by Crippen LogP contribution is 2.35. The molecule has 24 heavy (non-hydrogen) atoms. The highest BCUT2D eigenvalue weighted by Gasteiger charge is 2.14. The molecule has 130 valence electrons. The lowest BCUT2D eigenvalue weighted by Gasteiger charge is -2.16. The molecule has 1 aromatic carbocycles. The van der Waals surface area contributed by atoms with Crippen LogP contribution >= 0.6 is 11.6 Å². The van der Waals surface area contributed by atoms with Gasteiger partial charge in [-0.3, -0.25) is 0 Å². The number of ether oxygens (including phenoxy) is 2. The molecule has 2 aromatic rings. The first-order valence-corrected chi connectivity index (χ1v) is 8.85. The van der Waals surface area contributed by atoms with Crippen molar-refractivity contribution in [3.8, 4) is 17.4 Å². The van der Waals surface area contributed by atoms with Crippen LogP contribution in [-0.2, 0) is 0 Å². The van der Waals surface area contributed by atoms with Crippen molar-refractivity contribution in [3.05, 3.63) is 45.6 Å². The topological polar surface area (TPSA) is 31.4 Å². The lowest BCUT2D eigenvalue weighted by Crippen LogP contribution is -2.03. The average molecular weight is 348 g/mol. The molecular weight excluding hydrogens is 322 g/mol. The van der Waals surface area contributed by atoms with Crippen molar-refractivity contribution >= 4 is 11.6 Å². The molecule has 4 heteroatoms. The maximum absolute atomic E-state index is 6.12. The van der Waals surface area contributed by atoms with Gasteiger partial charge in [0, 0.05) is 16.8 Å². The van der Waals surface area contributed by atoms with E-state index in [0.717, 1.165) is 46.9 Å². The number of aryl methyl sites for hydroxylation is 3. The van der Waals surface area contributed by atoms with Crippen LogP contribution in [0.4, 0.5) is 0 Å². The van der Waals surface area contributed by atoms with Crippen LogP contribution in [0.3, 0.4) is 0 Å². The summed E-state index contributed by atoms with van der Waals surface area (Å²) in [4.78, 5) is 4.54. The molecule has 0 unspecified atom stereocenters. The van der Waals surface area contributed by atoms with Gasteiger partial charge in [-0.2, -0.15) is 0 Å². The summed E-state index contributed by atoms with van der Waals surface area (Å²) < 4.78 is 12.1. The van der Waals surface area contributed by atoms with Gasteiger partial charge in [-0.15, -0.1) is 0 Å². The Hall–Kier alpha value is -1.74. The second-order valence-electron chi connectivity index (χ2n) is 6.22. The SMILES string of the molecule is CCCCCOc1cc(C)nc(Oc2c(C)cc(Cl)cc2C)c1C. The molecule has 0 spiro atoms. The largest absolute Gasteiger partial charge is 0.493 e. The first-order valence-electron chi connectivity index (χ1n) is 8.48. The molecule has 0 amide bonds. The number of rotatable bonds is 7. The summed E-state index contributed by atoms with van der Waals surface area (Å²) in [5.41, 5.74) is 3.79. The zero-order chi connectivity index (χ0) is 17.7. The highest BCUT2D eigenvalue weighted by molar-refractivity contribution is 6.30. The fourth-order valence-corrected chi connectivity index (χ4v) is 2.95. The Balaban J connectivity index is 2.26. The minimum Gasteiger partial charge on any atom is -0.493 e. The molecule has 0 radical (unpaired) electrons. The van der Waals surface area contributed by atoms with Crippen LogP contribution in [0.1, 0.15) is 48.6 Å². The number of unbranched alkanes of at least 4 members (excludes halogenated alkanes) is 2. The lowest BCUT2D eigenvalue weighted by molar-refractivity contribution is 0.301. The van der Waals surface area contributed by atoms with E-state index in [1.807, 2.05) is 45.9 Å². The van der Waals surface area contributed by atoms with Crippen LogP contribution in [0.2, 0.25) is 5.02 Å². The number of aromatic nitrogens is 1. The third kappa shape index (κ3) is 4.64. The molecule has 1 aromatic heterocycles. The Morgan fingerprint density at radius 2 is 1.67 bits per heavy atom. The van der Waals surface area contributed by atoms with Crippen molar-refractivity contribution in [1.29, 1.82) is 0 Å². The minimum atomic E-state index is 0.592. The van der Waals surface area contributed by atoms with Crippen molar-refractivity contribution in [1.82, 2.24) is 4.98 Å². The monoisotopic (exact) mass is 347 g/mol. The predicted molar refractivity (Wildman–Crippen MR) is 99.7 cm³/mol. The number of nitrogens with zero attached hydrogens (tertiary/aromatic N) is 1. The third-order valence-corrected chi connectivity index (χ3v) is 4.16. The third-order valence-electron chi connectivity index (χ3n) is 3.94. The van der Waals surface area contributed by atoms with E-state index in [4.69, 9.17) is 21.1 Å². The predicted octanol–water partition coefficient (Wildman–Crippen LogP) is 6.33. The standard InChI is InChI=1S/C20H26ClNO2/c1-6-7-8-9-23-18-12-15(4)22-20(16(18)5)24-19-13(2)10-17(21)11-14(19)3/h10-12H,6-9H2,1-5H3. The van der Waals surface area contributed by atoms with E-state index in [1.54, 1.807) is 0 Å². The molecule has 0 bridgehead atoms. The van der Waals surface area contributed by atoms with Gasteiger partial charge in [-0.1, -0.05) is 31.4 Å². The van der Waals surface area contributed by atoms with E-state index in [9.17, 15) is 0 Å². The Bertz CT molecular complexity index is 690. The molecule has 2 rings (SSSR count). The molecule has 0 fully saturated rings. The van der Waals surface area contributed by atoms with Gasteiger partial charge in [0.05, 0.1) is 12.2 Å². The molecule has 0 aliphatic heterocycles. The summed E-state index contributed by atoms with van der Waals surface area (Å²) in [6, 6.07) is 5.77. The van der Waals surface area contributed by atoms with Crippen LogP contribution in [0.25, 0.3) is 0 Å². The molecule has 1 heterocycles. The summed E-state index contributed by atoms with van der Waals surface area (Å²) in [6.45, 7) is 10.8. The van der Waals surface area contributed by atoms with E-state index in [-0.39, 0.29) is 0 Å². The first-order chi connectivity index (χ1) is 11.4. The van der Waals surface area contributed by atoms with Crippen molar-refractivity contribution < 1.29 is 9.47 Å². The summed E-state index contributed by atoms with van der Waals surface area (Å²) in [6.07, 6.45) is 3.42. The van der Waals surface area contributed by atoms with Crippen molar-refractivity contribution in [2.45, 2.75) is 53.9 Å². The zero-order valence-corrected chi connectivity index (χ0v) is 16.0. The second kappa shape index (κ2) is 8.39. The first kappa shape index (κ1) is 18.6. The fraction of sp³-hybridized carbons (Fsp3) is 0.450. The van der Waals surface area contributed by atoms with Crippen LogP contribution in [0.15, 0.2) is 18.2 Å². The van der Waals surface area contributed by atoms with E-state index in [0.29, 0.717) is 10.9 Å². The molecule has 0 atom stereocenters. The average Bonchev–Trinajstić information content (AvgIpc) is 2.51. The van der Waals surface area contributed by atoms with Gasteiger partial charge in [-0.05, 0) is 57.4 Å². The maximum Gasteiger partial charge on any atom is 0.226 e. The molecule has 0 aliphatic rings. The van der Waals surface area contributed by atoms with Crippen molar-refractivity contribution in [2.24, 2.45) is 0 Å². The fourth-order valence-electron chi connectivity index (χ4n) is 2.62. The Morgan fingerprint density at radius 1 is 1.00 bits per heavy atom. The van der Waals surface area contributed by atoms with Gasteiger partial charge in [0.25, 0.3) is 0 Å². The quantitative estimate of drug-likeness (QED) is 0.548. The number of benzene rings is 1. The molecule has 0 N–H and O–H groups in total. The van der Waals surface area contributed by atoms with Gasteiger partial charge >= 0.3 is 0 Å². The summed E-state index contributed by atoms with van der Waals surface area (Å²) in [5, 5.41) is 0.714. The van der Waals surface area contributed by atoms with E-state index >= 15 is 0 Å². The van der Waals surface area contributed by atoms with Gasteiger partial charge in [0.15, 0.2) is 0 Å².